The smallest absolute Gasteiger partial charge is 0.387 e. The molecule has 1 atom stereocenters. The van der Waals surface area contributed by atoms with Crippen LogP contribution in [0.3, 0.4) is 0 Å². The van der Waals surface area contributed by atoms with Crippen molar-refractivity contribution in [3.63, 3.8) is 0 Å². The number of carboxylic acid groups (broad SMARTS) is 1. The molecule has 1 N–H and O–H groups in total. The highest BCUT2D eigenvalue weighted by atomic mass is 16.6. The predicted octanol–water partition coefficient (Wildman–Crippen LogP) is 0.688. The molecular weight excluding hydrogens is 228 g/mol. The van der Waals surface area contributed by atoms with Crippen molar-refractivity contribution >= 4 is 23.7 Å². The summed E-state index contributed by atoms with van der Waals surface area (Å²) >= 11 is 0. The molecular formula is C10H8N2O5. The molecule has 0 heterocycles. The molecule has 0 fully saturated rings. The molecule has 7 nitrogen and oxygen atoms in total. The van der Waals surface area contributed by atoms with Gasteiger partial charge in [0.1, 0.15) is 0 Å². The third kappa shape index (κ3) is 3.49. The number of carboxylic acids is 1. The fourth-order valence-corrected chi connectivity index (χ4v) is 1.04. The van der Waals surface area contributed by atoms with Crippen molar-refractivity contribution in [2.75, 3.05) is 0 Å². The van der Waals surface area contributed by atoms with Gasteiger partial charge in [0, 0.05) is 4.92 Å². The van der Waals surface area contributed by atoms with Gasteiger partial charge in [0.05, 0.1) is 11.9 Å². The lowest BCUT2D eigenvalue weighted by Gasteiger charge is -1.98. The van der Waals surface area contributed by atoms with Gasteiger partial charge in [-0.3, -0.25) is 19.9 Å². The molecule has 7 heteroatoms. The van der Waals surface area contributed by atoms with E-state index in [1.165, 1.54) is 0 Å². The zero-order valence-electron chi connectivity index (χ0n) is 8.52. The highest BCUT2D eigenvalue weighted by molar-refractivity contribution is 6.34. The van der Waals surface area contributed by atoms with Crippen LogP contribution in [0.2, 0.25) is 0 Å². The van der Waals surface area contributed by atoms with E-state index in [0.29, 0.717) is 11.9 Å². The minimum Gasteiger partial charge on any atom is -0.476 e. The first-order valence-electron chi connectivity index (χ1n) is 4.51. The Hall–Kier alpha value is -2.57. The standard InChI is InChI=1S/C10H8N2O5/c13-8(9(10(14)15)12(16)17)6-11-7-4-2-1-3-5-7/h1-6,9H,(H,14,15). The van der Waals surface area contributed by atoms with Crippen LogP contribution < -0.4 is 0 Å². The van der Waals surface area contributed by atoms with E-state index in [2.05, 4.69) is 4.99 Å². The number of ketones is 1. The second-order valence-corrected chi connectivity index (χ2v) is 3.02. The van der Waals surface area contributed by atoms with E-state index < -0.39 is 22.7 Å². The highest BCUT2D eigenvalue weighted by Crippen LogP contribution is 2.08. The molecule has 1 rings (SSSR count). The van der Waals surface area contributed by atoms with E-state index >= 15 is 0 Å². The number of rotatable bonds is 5. The number of Topliss-reactive ketones (excluding diaryl/α,β-unsaturated/α-hetero) is 1. The highest BCUT2D eigenvalue weighted by Gasteiger charge is 2.36. The number of aliphatic imine (C=N–C) groups is 1. The molecule has 0 aliphatic carbocycles. The molecule has 0 aromatic heterocycles. The van der Waals surface area contributed by atoms with Crippen molar-refractivity contribution in [1.29, 1.82) is 0 Å². The number of nitro groups is 1. The number of benzene rings is 1. The van der Waals surface area contributed by atoms with Crippen molar-refractivity contribution < 1.29 is 19.6 Å². The third-order valence-electron chi connectivity index (χ3n) is 1.81. The number of carbonyl (C=O) groups excluding carboxylic acids is 1. The number of carbonyl (C=O) groups is 2. The molecule has 1 aromatic carbocycles. The van der Waals surface area contributed by atoms with Crippen molar-refractivity contribution in [1.82, 2.24) is 0 Å². The Balaban J connectivity index is 2.81. The Kier molecular flexibility index (Phi) is 4.04. The van der Waals surface area contributed by atoms with Crippen molar-refractivity contribution in [2.45, 2.75) is 6.04 Å². The third-order valence-corrected chi connectivity index (χ3v) is 1.81. The zero-order chi connectivity index (χ0) is 12.8. The van der Waals surface area contributed by atoms with E-state index in [9.17, 15) is 19.7 Å². The Morgan fingerprint density at radius 1 is 1.35 bits per heavy atom. The van der Waals surface area contributed by atoms with Crippen LogP contribution in [-0.2, 0) is 9.59 Å². The van der Waals surface area contributed by atoms with Crippen molar-refractivity contribution in [2.24, 2.45) is 4.99 Å². The van der Waals surface area contributed by atoms with Gasteiger partial charge in [0.15, 0.2) is 0 Å². The summed E-state index contributed by atoms with van der Waals surface area (Å²) in [5, 5.41) is 18.8. The molecule has 0 radical (unpaired) electrons. The first kappa shape index (κ1) is 12.5. The summed E-state index contributed by atoms with van der Waals surface area (Å²) in [6.45, 7) is 0. The average Bonchev–Trinajstić information content (AvgIpc) is 2.27. The normalized spacial score (nSPS) is 12.2. The van der Waals surface area contributed by atoms with Crippen LogP contribution in [0, 0.1) is 10.1 Å². The van der Waals surface area contributed by atoms with Crippen LogP contribution in [0.5, 0.6) is 0 Å². The van der Waals surface area contributed by atoms with Crippen LogP contribution in [0.25, 0.3) is 0 Å². The molecule has 88 valence electrons. The number of para-hydroxylation sites is 1. The monoisotopic (exact) mass is 236 g/mol. The number of aliphatic carboxylic acids is 1. The van der Waals surface area contributed by atoms with Crippen LogP contribution in [0.1, 0.15) is 0 Å². The van der Waals surface area contributed by atoms with Gasteiger partial charge in [-0.15, -0.1) is 0 Å². The topological polar surface area (TPSA) is 110 Å². The molecule has 0 aliphatic rings. The van der Waals surface area contributed by atoms with Gasteiger partial charge in [0.2, 0.25) is 0 Å². The van der Waals surface area contributed by atoms with Crippen LogP contribution in [0.4, 0.5) is 5.69 Å². The molecule has 0 saturated heterocycles. The molecule has 0 aliphatic heterocycles. The Morgan fingerprint density at radius 3 is 2.41 bits per heavy atom. The largest absolute Gasteiger partial charge is 0.476 e. The van der Waals surface area contributed by atoms with Crippen LogP contribution in [-0.4, -0.2) is 34.0 Å². The second-order valence-electron chi connectivity index (χ2n) is 3.02. The lowest BCUT2D eigenvalue weighted by molar-refractivity contribution is -0.494. The van der Waals surface area contributed by atoms with Gasteiger partial charge in [0.25, 0.3) is 5.78 Å². The molecule has 1 unspecified atom stereocenters. The SMILES string of the molecule is O=C(O)C(C(=O)C=Nc1ccccc1)[N+](=O)[O-]. The summed E-state index contributed by atoms with van der Waals surface area (Å²) in [6.07, 6.45) is 0.650. The molecule has 17 heavy (non-hydrogen) atoms. The van der Waals surface area contributed by atoms with E-state index in [1.807, 2.05) is 0 Å². The summed E-state index contributed by atoms with van der Waals surface area (Å²) in [4.78, 5) is 34.5. The molecule has 0 bridgehead atoms. The lowest BCUT2D eigenvalue weighted by atomic mass is 10.2. The quantitative estimate of drug-likeness (QED) is 0.350. The first-order valence-corrected chi connectivity index (χ1v) is 4.51. The number of nitrogens with zero attached hydrogens (tertiary/aromatic N) is 2. The van der Waals surface area contributed by atoms with Crippen molar-refractivity contribution in [3.8, 4) is 0 Å². The van der Waals surface area contributed by atoms with E-state index in [1.54, 1.807) is 30.3 Å². The van der Waals surface area contributed by atoms with E-state index in [4.69, 9.17) is 5.11 Å². The maximum Gasteiger partial charge on any atom is 0.387 e. The van der Waals surface area contributed by atoms with Crippen LogP contribution in [0.15, 0.2) is 35.3 Å². The van der Waals surface area contributed by atoms with E-state index in [0.717, 1.165) is 0 Å². The van der Waals surface area contributed by atoms with Gasteiger partial charge in [-0.25, -0.2) is 4.79 Å². The summed E-state index contributed by atoms with van der Waals surface area (Å²) < 4.78 is 0. The summed E-state index contributed by atoms with van der Waals surface area (Å²) in [5.41, 5.74) is 0.410. The Labute approximate surface area is 95.6 Å². The van der Waals surface area contributed by atoms with Gasteiger partial charge in [-0.05, 0) is 12.1 Å². The Morgan fingerprint density at radius 2 is 1.94 bits per heavy atom. The molecule has 1 aromatic rings. The van der Waals surface area contributed by atoms with Crippen molar-refractivity contribution in [3.05, 3.63) is 40.4 Å². The molecule has 0 spiro atoms. The van der Waals surface area contributed by atoms with Gasteiger partial charge in [-0.2, -0.15) is 0 Å². The fourth-order valence-electron chi connectivity index (χ4n) is 1.04. The van der Waals surface area contributed by atoms with Gasteiger partial charge >= 0.3 is 12.0 Å². The lowest BCUT2D eigenvalue weighted by Crippen LogP contribution is -2.38. The summed E-state index contributed by atoms with van der Waals surface area (Å²) in [6, 6.07) is 5.91. The minimum atomic E-state index is -2.30. The average molecular weight is 236 g/mol. The Bertz CT molecular complexity index is 455. The fraction of sp³-hybridized carbons (Fsp3) is 0.100. The van der Waals surface area contributed by atoms with Gasteiger partial charge < -0.3 is 5.11 Å². The number of hydrogen-bond acceptors (Lipinski definition) is 5. The minimum absolute atomic E-state index is 0.410. The second kappa shape index (κ2) is 5.50. The van der Waals surface area contributed by atoms with E-state index in [-0.39, 0.29) is 0 Å². The van der Waals surface area contributed by atoms with Gasteiger partial charge in [-0.1, -0.05) is 18.2 Å². The maximum absolute atomic E-state index is 11.2. The summed E-state index contributed by atoms with van der Waals surface area (Å²) in [7, 11) is 0. The zero-order valence-corrected chi connectivity index (χ0v) is 8.52. The predicted molar refractivity (Wildman–Crippen MR) is 58.0 cm³/mol. The molecule has 0 saturated carbocycles. The summed E-state index contributed by atoms with van der Waals surface area (Å²) in [5.74, 6) is -2.98. The van der Waals surface area contributed by atoms with Crippen LogP contribution >= 0.6 is 0 Å². The number of hydrogen-bond donors (Lipinski definition) is 1. The first-order chi connectivity index (χ1) is 8.02. The maximum atomic E-state index is 11.2. The molecule has 0 amide bonds.